The Labute approximate surface area is 143 Å². The van der Waals surface area contributed by atoms with Crippen molar-refractivity contribution < 1.29 is 4.79 Å². The van der Waals surface area contributed by atoms with E-state index < -0.39 is 0 Å². The Morgan fingerprint density at radius 2 is 2.00 bits per heavy atom. The molecule has 1 aromatic carbocycles. The second kappa shape index (κ2) is 7.30. The molecular weight excluding hydrogens is 336 g/mol. The molecule has 0 saturated carbocycles. The van der Waals surface area contributed by atoms with Crippen molar-refractivity contribution in [2.24, 2.45) is 0 Å². The van der Waals surface area contributed by atoms with Gasteiger partial charge in [0.15, 0.2) is 5.13 Å². The summed E-state index contributed by atoms with van der Waals surface area (Å²) in [5, 5.41) is 15.4. The van der Waals surface area contributed by atoms with Crippen LogP contribution in [0.15, 0.2) is 30.3 Å². The Morgan fingerprint density at radius 1 is 1.26 bits per heavy atom. The van der Waals surface area contributed by atoms with Crippen molar-refractivity contribution in [3.05, 3.63) is 40.9 Å². The number of carbonyl (C=O) groups is 1. The molecule has 0 saturated heterocycles. The average Bonchev–Trinajstić information content (AvgIpc) is 3.07. The molecule has 0 radical (unpaired) electrons. The molecule has 0 aliphatic rings. The first-order chi connectivity index (χ1) is 10.6. The molecular formula is C14H15ClN6OS. The predicted molar refractivity (Wildman–Crippen MR) is 90.7 cm³/mol. The summed E-state index contributed by atoms with van der Waals surface area (Å²) in [5.41, 5.74) is 1.78. The van der Waals surface area contributed by atoms with Gasteiger partial charge in [-0.3, -0.25) is 4.79 Å². The van der Waals surface area contributed by atoms with Crippen LogP contribution < -0.4 is 5.32 Å². The molecule has 9 heteroatoms. The molecule has 1 N–H and O–H groups in total. The van der Waals surface area contributed by atoms with E-state index in [0.29, 0.717) is 11.0 Å². The fourth-order valence-electron chi connectivity index (χ4n) is 1.83. The van der Waals surface area contributed by atoms with E-state index in [2.05, 4.69) is 25.7 Å². The highest BCUT2D eigenvalue weighted by atomic mass is 35.5. The van der Waals surface area contributed by atoms with Crippen LogP contribution in [0.2, 0.25) is 0 Å². The summed E-state index contributed by atoms with van der Waals surface area (Å²) in [6.45, 7) is 3.87. The van der Waals surface area contributed by atoms with Gasteiger partial charge in [0, 0.05) is 10.4 Å². The van der Waals surface area contributed by atoms with Gasteiger partial charge in [0.2, 0.25) is 11.7 Å². The van der Waals surface area contributed by atoms with E-state index >= 15 is 0 Å². The third-order valence-electron chi connectivity index (χ3n) is 3.04. The summed E-state index contributed by atoms with van der Waals surface area (Å²) in [5.74, 6) is 0.264. The van der Waals surface area contributed by atoms with Crippen LogP contribution in [0, 0.1) is 13.8 Å². The first-order valence-electron chi connectivity index (χ1n) is 6.69. The van der Waals surface area contributed by atoms with Crippen LogP contribution in [0.5, 0.6) is 0 Å². The van der Waals surface area contributed by atoms with Crippen LogP contribution in [-0.2, 0) is 11.3 Å². The second-order valence-corrected chi connectivity index (χ2v) is 5.92. The quantitative estimate of drug-likeness (QED) is 0.781. The molecule has 120 valence electrons. The lowest BCUT2D eigenvalue weighted by atomic mass is 10.2. The van der Waals surface area contributed by atoms with Gasteiger partial charge in [-0.1, -0.05) is 30.3 Å². The maximum Gasteiger partial charge on any atom is 0.249 e. The van der Waals surface area contributed by atoms with E-state index in [1.165, 1.54) is 16.1 Å². The molecule has 3 aromatic rings. The number of rotatable bonds is 4. The van der Waals surface area contributed by atoms with Crippen molar-refractivity contribution in [2.45, 2.75) is 20.4 Å². The maximum atomic E-state index is 12.0. The SMILES string of the molecule is Cc1nc(NC(=O)Cn2nnc(-c3ccccc3)n2)sc1C.Cl. The highest BCUT2D eigenvalue weighted by Gasteiger charge is 2.11. The minimum absolute atomic E-state index is 0. The zero-order valence-corrected chi connectivity index (χ0v) is 14.2. The Hall–Kier alpha value is -2.32. The summed E-state index contributed by atoms with van der Waals surface area (Å²) < 4.78 is 0. The number of hydrogen-bond acceptors (Lipinski definition) is 6. The van der Waals surface area contributed by atoms with E-state index in [4.69, 9.17) is 0 Å². The molecule has 0 spiro atoms. The van der Waals surface area contributed by atoms with Gasteiger partial charge in [0.1, 0.15) is 6.54 Å². The largest absolute Gasteiger partial charge is 0.300 e. The number of carbonyl (C=O) groups excluding carboxylic acids is 1. The lowest BCUT2D eigenvalue weighted by molar-refractivity contribution is -0.117. The summed E-state index contributed by atoms with van der Waals surface area (Å²) >= 11 is 1.45. The van der Waals surface area contributed by atoms with Crippen molar-refractivity contribution >= 4 is 34.8 Å². The summed E-state index contributed by atoms with van der Waals surface area (Å²) in [7, 11) is 0. The lowest BCUT2D eigenvalue weighted by Gasteiger charge is -1.99. The molecule has 3 rings (SSSR count). The number of anilines is 1. The Balaban J connectivity index is 0.00000192. The number of benzene rings is 1. The normalized spacial score (nSPS) is 10.2. The van der Waals surface area contributed by atoms with Gasteiger partial charge in [-0.15, -0.1) is 33.9 Å². The lowest BCUT2D eigenvalue weighted by Crippen LogP contribution is -2.20. The predicted octanol–water partition coefficient (Wildman–Crippen LogP) is 2.47. The van der Waals surface area contributed by atoms with E-state index in [9.17, 15) is 4.79 Å². The van der Waals surface area contributed by atoms with E-state index in [0.717, 1.165) is 16.1 Å². The van der Waals surface area contributed by atoms with E-state index in [1.54, 1.807) is 0 Å². The highest BCUT2D eigenvalue weighted by molar-refractivity contribution is 7.15. The number of amides is 1. The molecule has 0 aliphatic carbocycles. The van der Waals surface area contributed by atoms with Gasteiger partial charge in [0.05, 0.1) is 5.69 Å². The van der Waals surface area contributed by atoms with Crippen molar-refractivity contribution in [3.8, 4) is 11.4 Å². The number of halogens is 1. The van der Waals surface area contributed by atoms with Crippen LogP contribution in [0.4, 0.5) is 5.13 Å². The Morgan fingerprint density at radius 3 is 2.65 bits per heavy atom. The summed E-state index contributed by atoms with van der Waals surface area (Å²) in [6.07, 6.45) is 0. The second-order valence-electron chi connectivity index (χ2n) is 4.72. The monoisotopic (exact) mass is 350 g/mol. The molecule has 1 amide bonds. The van der Waals surface area contributed by atoms with Gasteiger partial charge >= 0.3 is 0 Å². The van der Waals surface area contributed by atoms with Crippen molar-refractivity contribution in [3.63, 3.8) is 0 Å². The third-order valence-corrected chi connectivity index (χ3v) is 4.03. The van der Waals surface area contributed by atoms with E-state index in [-0.39, 0.29) is 24.9 Å². The Bertz CT molecular complexity index is 781. The third kappa shape index (κ3) is 4.11. The molecule has 0 bridgehead atoms. The van der Waals surface area contributed by atoms with Crippen molar-refractivity contribution in [1.82, 2.24) is 25.2 Å². The average molecular weight is 351 g/mol. The summed E-state index contributed by atoms with van der Waals surface area (Å²) in [4.78, 5) is 18.6. The van der Waals surface area contributed by atoms with Gasteiger partial charge in [-0.25, -0.2) is 4.98 Å². The van der Waals surface area contributed by atoms with Gasteiger partial charge in [-0.2, -0.15) is 4.80 Å². The van der Waals surface area contributed by atoms with Gasteiger partial charge < -0.3 is 5.32 Å². The number of nitrogens with one attached hydrogen (secondary N) is 1. The Kier molecular flexibility index (Phi) is 5.41. The zero-order valence-electron chi connectivity index (χ0n) is 12.6. The molecule has 23 heavy (non-hydrogen) atoms. The number of tetrazole rings is 1. The van der Waals surface area contributed by atoms with Crippen LogP contribution in [-0.4, -0.2) is 31.1 Å². The number of hydrogen-bond donors (Lipinski definition) is 1. The molecule has 2 heterocycles. The molecule has 0 fully saturated rings. The maximum absolute atomic E-state index is 12.0. The fourth-order valence-corrected chi connectivity index (χ4v) is 2.66. The first-order valence-corrected chi connectivity index (χ1v) is 7.50. The minimum atomic E-state index is -0.231. The molecule has 0 atom stereocenters. The standard InChI is InChI=1S/C14H14N6OS.ClH/c1-9-10(2)22-14(15-9)16-12(21)8-20-18-13(17-19-20)11-6-4-3-5-7-11;/h3-7H,8H2,1-2H3,(H,15,16,21);1H. The summed E-state index contributed by atoms with van der Waals surface area (Å²) in [6, 6.07) is 9.50. The molecule has 0 aliphatic heterocycles. The molecule has 2 aromatic heterocycles. The van der Waals surface area contributed by atoms with Crippen molar-refractivity contribution in [2.75, 3.05) is 5.32 Å². The van der Waals surface area contributed by atoms with E-state index in [1.807, 2.05) is 44.2 Å². The van der Waals surface area contributed by atoms with Crippen LogP contribution in [0.25, 0.3) is 11.4 Å². The number of aryl methyl sites for hydroxylation is 2. The molecule has 7 nitrogen and oxygen atoms in total. The topological polar surface area (TPSA) is 85.6 Å². The van der Waals surface area contributed by atoms with Gasteiger partial charge in [0.25, 0.3) is 0 Å². The smallest absolute Gasteiger partial charge is 0.249 e. The number of aromatic nitrogens is 5. The fraction of sp³-hybridized carbons (Fsp3) is 0.214. The minimum Gasteiger partial charge on any atom is -0.300 e. The first kappa shape index (κ1) is 17.0. The zero-order chi connectivity index (χ0) is 15.5. The number of nitrogens with zero attached hydrogens (tertiary/aromatic N) is 5. The van der Waals surface area contributed by atoms with Crippen LogP contribution >= 0.6 is 23.7 Å². The highest BCUT2D eigenvalue weighted by Crippen LogP contribution is 2.20. The van der Waals surface area contributed by atoms with Crippen LogP contribution in [0.3, 0.4) is 0 Å². The van der Waals surface area contributed by atoms with Crippen molar-refractivity contribution in [1.29, 1.82) is 0 Å². The van der Waals surface area contributed by atoms with Gasteiger partial charge in [-0.05, 0) is 19.1 Å². The molecule has 0 unspecified atom stereocenters. The number of thiazole rings is 1. The van der Waals surface area contributed by atoms with Crippen LogP contribution in [0.1, 0.15) is 10.6 Å².